The van der Waals surface area contributed by atoms with Crippen molar-refractivity contribution in [1.82, 2.24) is 10.6 Å². The van der Waals surface area contributed by atoms with Crippen LogP contribution < -0.4 is 21.1 Å². The van der Waals surface area contributed by atoms with Crippen LogP contribution in [-0.4, -0.2) is 45.8 Å². The Labute approximate surface area is 149 Å². The molecule has 2 rings (SSSR count). The van der Waals surface area contributed by atoms with E-state index in [1.54, 1.807) is 0 Å². The fraction of sp³-hybridized carbons (Fsp3) is 0.588. The van der Waals surface area contributed by atoms with Crippen LogP contribution in [0.2, 0.25) is 0 Å². The van der Waals surface area contributed by atoms with Crippen LogP contribution in [0.4, 0.5) is 5.69 Å². The van der Waals surface area contributed by atoms with Gasteiger partial charge in [-0.3, -0.25) is 4.79 Å². The van der Waals surface area contributed by atoms with Crippen molar-refractivity contribution in [3.05, 3.63) is 17.7 Å². The summed E-state index contributed by atoms with van der Waals surface area (Å²) in [5.74, 6) is -0.182. The number of carbonyl (C=O) groups is 1. The minimum Gasteiger partial charge on any atom is -0.496 e. The molecular weight excluding hydrogens is 342 g/mol. The number of ether oxygens (including phenoxy) is 1. The van der Waals surface area contributed by atoms with Gasteiger partial charge in [-0.1, -0.05) is 13.8 Å². The highest BCUT2D eigenvalue weighted by Gasteiger charge is 2.27. The van der Waals surface area contributed by atoms with Crippen molar-refractivity contribution in [2.45, 2.75) is 50.1 Å². The highest BCUT2D eigenvalue weighted by atomic mass is 32.2. The number of hydrogen-bond acceptors (Lipinski definition) is 6. The summed E-state index contributed by atoms with van der Waals surface area (Å²) in [5, 5.41) is 6.38. The monoisotopic (exact) mass is 369 g/mol. The summed E-state index contributed by atoms with van der Waals surface area (Å²) in [6, 6.07) is 2.92. The van der Waals surface area contributed by atoms with Gasteiger partial charge in [0.1, 0.15) is 5.75 Å². The zero-order valence-electron chi connectivity index (χ0n) is 15.0. The molecule has 2 unspecified atom stereocenters. The van der Waals surface area contributed by atoms with E-state index in [4.69, 9.17) is 10.5 Å². The highest BCUT2D eigenvalue weighted by Crippen LogP contribution is 2.29. The second kappa shape index (κ2) is 8.05. The van der Waals surface area contributed by atoms with E-state index in [2.05, 4.69) is 10.6 Å². The molecule has 1 aliphatic rings. The van der Waals surface area contributed by atoms with Crippen molar-refractivity contribution >= 4 is 21.4 Å². The molecule has 25 heavy (non-hydrogen) atoms. The molecule has 8 heteroatoms. The zero-order valence-corrected chi connectivity index (χ0v) is 15.8. The molecule has 1 heterocycles. The second-order valence-corrected chi connectivity index (χ2v) is 8.43. The zero-order chi connectivity index (χ0) is 18.6. The van der Waals surface area contributed by atoms with Crippen molar-refractivity contribution in [1.29, 1.82) is 0 Å². The summed E-state index contributed by atoms with van der Waals surface area (Å²) in [5.41, 5.74) is 6.12. The maximum Gasteiger partial charge on any atom is 0.255 e. The molecule has 2 atom stereocenters. The van der Waals surface area contributed by atoms with Crippen LogP contribution in [-0.2, 0) is 9.84 Å². The van der Waals surface area contributed by atoms with Gasteiger partial charge in [0, 0.05) is 18.2 Å². The fourth-order valence-electron chi connectivity index (χ4n) is 3.14. The average molecular weight is 369 g/mol. The van der Waals surface area contributed by atoms with Gasteiger partial charge in [0.05, 0.1) is 29.0 Å². The molecule has 140 valence electrons. The molecule has 1 aliphatic heterocycles. The lowest BCUT2D eigenvalue weighted by Gasteiger charge is -2.24. The topological polar surface area (TPSA) is 111 Å². The Morgan fingerprint density at radius 2 is 2.16 bits per heavy atom. The van der Waals surface area contributed by atoms with Gasteiger partial charge in [0.25, 0.3) is 5.91 Å². The number of rotatable bonds is 7. The van der Waals surface area contributed by atoms with Gasteiger partial charge in [-0.2, -0.15) is 0 Å². The first kappa shape index (κ1) is 19.5. The summed E-state index contributed by atoms with van der Waals surface area (Å²) in [6.07, 6.45) is 2.87. The minimum atomic E-state index is -3.53. The molecule has 1 aromatic rings. The molecule has 0 saturated carbocycles. The third-order valence-electron chi connectivity index (χ3n) is 4.63. The van der Waals surface area contributed by atoms with Gasteiger partial charge >= 0.3 is 0 Å². The van der Waals surface area contributed by atoms with Crippen LogP contribution in [0.5, 0.6) is 5.75 Å². The van der Waals surface area contributed by atoms with E-state index >= 15 is 0 Å². The predicted octanol–water partition coefficient (Wildman–Crippen LogP) is 1.33. The van der Waals surface area contributed by atoms with Gasteiger partial charge in [0.2, 0.25) is 0 Å². The maximum absolute atomic E-state index is 12.8. The molecular formula is C17H27N3O4S. The molecule has 1 saturated heterocycles. The molecule has 0 radical (unpaired) electrons. The smallest absolute Gasteiger partial charge is 0.255 e. The molecule has 1 fully saturated rings. The molecule has 7 nitrogen and oxygen atoms in total. The number of nitrogens with two attached hydrogens (primary N) is 1. The van der Waals surface area contributed by atoms with Crippen LogP contribution in [0.3, 0.4) is 0 Å². The predicted molar refractivity (Wildman–Crippen MR) is 97.7 cm³/mol. The molecule has 4 N–H and O–H groups in total. The van der Waals surface area contributed by atoms with Crippen molar-refractivity contribution in [3.63, 3.8) is 0 Å². The lowest BCUT2D eigenvalue weighted by Crippen LogP contribution is -2.47. The molecule has 1 amide bonds. The number of nitrogen functional groups attached to an aromatic ring is 1. The number of methoxy groups -OCH3 is 1. The summed E-state index contributed by atoms with van der Waals surface area (Å²) in [4.78, 5) is 12.7. The quantitative estimate of drug-likeness (QED) is 0.626. The van der Waals surface area contributed by atoms with E-state index in [0.717, 1.165) is 25.8 Å². The third-order valence-corrected chi connectivity index (χ3v) is 6.42. The molecule has 0 bridgehead atoms. The van der Waals surface area contributed by atoms with Crippen molar-refractivity contribution in [2.24, 2.45) is 0 Å². The van der Waals surface area contributed by atoms with Crippen LogP contribution in [0.25, 0.3) is 0 Å². The van der Waals surface area contributed by atoms with Crippen LogP contribution in [0.15, 0.2) is 17.0 Å². The average Bonchev–Trinajstić information content (AvgIpc) is 3.13. The Kier molecular flexibility index (Phi) is 6.29. The number of anilines is 1. The second-order valence-electron chi connectivity index (χ2n) is 6.18. The maximum atomic E-state index is 12.8. The normalized spacial score (nSPS) is 18.8. The number of nitrogens with one attached hydrogen (secondary N) is 2. The van der Waals surface area contributed by atoms with Gasteiger partial charge in [-0.15, -0.1) is 0 Å². The SMILES string of the molecule is CCC(NC(=O)c1cc(S(=O)(=O)CC)c(N)cc1OC)C1CCCN1. The van der Waals surface area contributed by atoms with Gasteiger partial charge in [0.15, 0.2) is 9.84 Å². The van der Waals surface area contributed by atoms with E-state index in [1.807, 2.05) is 6.92 Å². The third kappa shape index (κ3) is 4.24. The molecule has 0 aliphatic carbocycles. The summed E-state index contributed by atoms with van der Waals surface area (Å²) in [6.45, 7) is 4.50. The van der Waals surface area contributed by atoms with Gasteiger partial charge in [-0.25, -0.2) is 8.42 Å². The van der Waals surface area contributed by atoms with Crippen molar-refractivity contribution in [3.8, 4) is 5.75 Å². The Bertz CT molecular complexity index is 728. The Hall–Kier alpha value is -1.80. The standard InChI is InChI=1S/C17H27N3O4S/c1-4-13(14-7-6-8-19-14)20-17(21)11-9-16(25(22,23)5-2)12(18)10-15(11)24-3/h9-10,13-14,19H,4-8,18H2,1-3H3,(H,20,21). The first-order valence-electron chi connectivity index (χ1n) is 8.58. The van der Waals surface area contributed by atoms with Gasteiger partial charge < -0.3 is 21.1 Å². The number of sulfone groups is 1. The minimum absolute atomic E-state index is 0.0245. The van der Waals surface area contributed by atoms with E-state index in [0.29, 0.717) is 0 Å². The summed E-state index contributed by atoms with van der Waals surface area (Å²) in [7, 11) is -2.11. The Morgan fingerprint density at radius 3 is 2.68 bits per heavy atom. The van der Waals surface area contributed by atoms with Crippen molar-refractivity contribution < 1.29 is 17.9 Å². The van der Waals surface area contributed by atoms with Crippen LogP contribution >= 0.6 is 0 Å². The molecule has 0 spiro atoms. The number of carbonyl (C=O) groups excluding carboxylic acids is 1. The van der Waals surface area contributed by atoms with E-state index in [9.17, 15) is 13.2 Å². The van der Waals surface area contributed by atoms with Crippen molar-refractivity contribution in [2.75, 3.05) is 25.1 Å². The molecule has 0 aromatic heterocycles. The Balaban J connectivity index is 2.35. The Morgan fingerprint density at radius 1 is 1.44 bits per heavy atom. The van der Waals surface area contributed by atoms with Crippen LogP contribution in [0.1, 0.15) is 43.5 Å². The summed E-state index contributed by atoms with van der Waals surface area (Å²) >= 11 is 0. The fourth-order valence-corrected chi connectivity index (χ4v) is 4.16. The number of hydrogen-bond donors (Lipinski definition) is 3. The lowest BCUT2D eigenvalue weighted by atomic mass is 10.0. The highest BCUT2D eigenvalue weighted by molar-refractivity contribution is 7.91. The largest absolute Gasteiger partial charge is 0.496 e. The van der Waals surface area contributed by atoms with E-state index < -0.39 is 9.84 Å². The lowest BCUT2D eigenvalue weighted by molar-refractivity contribution is 0.0924. The number of amides is 1. The first-order valence-corrected chi connectivity index (χ1v) is 10.2. The number of benzene rings is 1. The molecule has 1 aromatic carbocycles. The van der Waals surface area contributed by atoms with E-state index in [1.165, 1.54) is 26.2 Å². The summed E-state index contributed by atoms with van der Waals surface area (Å²) < 4.78 is 29.7. The van der Waals surface area contributed by atoms with Gasteiger partial charge in [-0.05, 0) is 31.9 Å². The van der Waals surface area contributed by atoms with Crippen LogP contribution in [0, 0.1) is 0 Å². The van der Waals surface area contributed by atoms with E-state index in [-0.39, 0.29) is 45.6 Å². The first-order chi connectivity index (χ1) is 11.8.